The summed E-state index contributed by atoms with van der Waals surface area (Å²) in [6.07, 6.45) is -1.39. The molecule has 1 amide bonds. The normalized spacial score (nSPS) is 12.1. The van der Waals surface area contributed by atoms with Crippen LogP contribution in [0.2, 0.25) is 0 Å². The standard InChI is InChI=1S/C4H7NO4/c5-4(8)3(7)1-9-2-6/h2-3,7H,1H2,(H2,5,8). The van der Waals surface area contributed by atoms with Crippen LogP contribution in [0.15, 0.2) is 0 Å². The van der Waals surface area contributed by atoms with Crippen LogP contribution in [-0.2, 0) is 14.3 Å². The minimum absolute atomic E-state index is 0.131. The molecular weight excluding hydrogens is 126 g/mol. The lowest BCUT2D eigenvalue weighted by atomic mass is 10.4. The van der Waals surface area contributed by atoms with E-state index in [2.05, 4.69) is 10.5 Å². The summed E-state index contributed by atoms with van der Waals surface area (Å²) in [6.45, 7) is -0.245. The number of amides is 1. The molecule has 9 heavy (non-hydrogen) atoms. The van der Waals surface area contributed by atoms with Gasteiger partial charge in [-0.1, -0.05) is 0 Å². The van der Waals surface area contributed by atoms with Gasteiger partial charge in [0.2, 0.25) is 5.91 Å². The Balaban J connectivity index is 3.37. The number of primary amides is 1. The third-order valence-electron chi connectivity index (χ3n) is 0.651. The molecule has 0 aromatic heterocycles. The number of aliphatic hydroxyl groups excluding tert-OH is 1. The van der Waals surface area contributed by atoms with Crippen LogP contribution >= 0.6 is 0 Å². The van der Waals surface area contributed by atoms with Gasteiger partial charge in [-0.2, -0.15) is 0 Å². The van der Waals surface area contributed by atoms with E-state index in [4.69, 9.17) is 5.11 Å². The smallest absolute Gasteiger partial charge is 0.293 e. The molecule has 5 nitrogen and oxygen atoms in total. The molecule has 1 unspecified atom stereocenters. The summed E-state index contributed by atoms with van der Waals surface area (Å²) in [7, 11) is 0. The molecule has 0 aromatic carbocycles. The van der Waals surface area contributed by atoms with Crippen LogP contribution in [0.5, 0.6) is 0 Å². The third-order valence-corrected chi connectivity index (χ3v) is 0.651. The van der Waals surface area contributed by atoms with Crippen molar-refractivity contribution < 1.29 is 19.4 Å². The number of hydrogen-bond acceptors (Lipinski definition) is 4. The molecule has 0 aliphatic heterocycles. The second-order valence-corrected chi connectivity index (χ2v) is 1.35. The molecule has 0 heterocycles. The number of aliphatic hydroxyl groups is 1. The fourth-order valence-electron chi connectivity index (χ4n) is 0.213. The quantitative estimate of drug-likeness (QED) is 0.434. The van der Waals surface area contributed by atoms with Crippen molar-refractivity contribution in [1.29, 1.82) is 0 Å². The van der Waals surface area contributed by atoms with E-state index in [0.29, 0.717) is 0 Å². The first-order valence-electron chi connectivity index (χ1n) is 2.21. The van der Waals surface area contributed by atoms with E-state index in [1.54, 1.807) is 0 Å². The van der Waals surface area contributed by atoms with Crippen LogP contribution in [-0.4, -0.2) is 30.2 Å². The van der Waals surface area contributed by atoms with E-state index in [9.17, 15) is 9.59 Å². The lowest BCUT2D eigenvalue weighted by Gasteiger charge is -2.01. The molecule has 52 valence electrons. The Kier molecular flexibility index (Phi) is 3.38. The van der Waals surface area contributed by atoms with Gasteiger partial charge in [-0.3, -0.25) is 9.59 Å². The van der Waals surface area contributed by atoms with Gasteiger partial charge < -0.3 is 15.6 Å². The van der Waals surface area contributed by atoms with Gasteiger partial charge >= 0.3 is 0 Å². The van der Waals surface area contributed by atoms with Crippen LogP contribution in [0.25, 0.3) is 0 Å². The molecule has 0 rings (SSSR count). The second-order valence-electron chi connectivity index (χ2n) is 1.35. The topological polar surface area (TPSA) is 89.6 Å². The molecule has 5 heteroatoms. The summed E-state index contributed by atoms with van der Waals surface area (Å²) in [4.78, 5) is 19.4. The third kappa shape index (κ3) is 3.48. The van der Waals surface area contributed by atoms with Gasteiger partial charge in [0.05, 0.1) is 0 Å². The predicted octanol–water partition coefficient (Wildman–Crippen LogP) is -1.99. The number of rotatable bonds is 4. The summed E-state index contributed by atoms with van der Waals surface area (Å²) in [5.74, 6) is -0.906. The van der Waals surface area contributed by atoms with Crippen molar-refractivity contribution in [3.63, 3.8) is 0 Å². The van der Waals surface area contributed by atoms with E-state index >= 15 is 0 Å². The van der Waals surface area contributed by atoms with E-state index in [1.165, 1.54) is 0 Å². The first-order chi connectivity index (χ1) is 4.18. The molecule has 3 N–H and O–H groups in total. The minimum atomic E-state index is -1.39. The molecule has 0 radical (unpaired) electrons. The van der Waals surface area contributed by atoms with E-state index < -0.39 is 12.0 Å². The fraction of sp³-hybridized carbons (Fsp3) is 0.500. The summed E-state index contributed by atoms with van der Waals surface area (Å²) in [5.41, 5.74) is 4.59. The van der Waals surface area contributed by atoms with E-state index in [1.807, 2.05) is 0 Å². The first kappa shape index (κ1) is 7.90. The fourth-order valence-corrected chi connectivity index (χ4v) is 0.213. The Morgan fingerprint density at radius 2 is 2.44 bits per heavy atom. The van der Waals surface area contributed by atoms with Crippen molar-refractivity contribution in [2.24, 2.45) is 5.73 Å². The zero-order valence-corrected chi connectivity index (χ0v) is 4.61. The van der Waals surface area contributed by atoms with Gasteiger partial charge in [-0.25, -0.2) is 0 Å². The molecule has 0 aliphatic rings. The summed E-state index contributed by atoms with van der Waals surface area (Å²) < 4.78 is 4.03. The molecule has 0 aliphatic carbocycles. The molecule has 0 aromatic rings. The van der Waals surface area contributed by atoms with Crippen molar-refractivity contribution in [2.45, 2.75) is 6.10 Å². The van der Waals surface area contributed by atoms with Crippen LogP contribution in [0.1, 0.15) is 0 Å². The summed E-state index contributed by atoms with van der Waals surface area (Å²) >= 11 is 0. The lowest BCUT2D eigenvalue weighted by Crippen LogP contribution is -2.32. The van der Waals surface area contributed by atoms with Crippen LogP contribution in [0.4, 0.5) is 0 Å². The number of carbonyl (C=O) groups excluding carboxylic acids is 2. The van der Waals surface area contributed by atoms with Gasteiger partial charge in [0, 0.05) is 0 Å². The number of hydrogen-bond donors (Lipinski definition) is 2. The Hall–Kier alpha value is -1.10. The molecule has 0 bridgehead atoms. The van der Waals surface area contributed by atoms with Gasteiger partial charge in [-0.05, 0) is 0 Å². The Bertz CT molecular complexity index is 113. The highest BCUT2D eigenvalue weighted by molar-refractivity contribution is 5.78. The zero-order chi connectivity index (χ0) is 7.28. The molecule has 0 spiro atoms. The van der Waals surface area contributed by atoms with Crippen molar-refractivity contribution in [3.05, 3.63) is 0 Å². The highest BCUT2D eigenvalue weighted by Crippen LogP contribution is 1.79. The van der Waals surface area contributed by atoms with Crippen molar-refractivity contribution in [1.82, 2.24) is 0 Å². The largest absolute Gasteiger partial charge is 0.465 e. The van der Waals surface area contributed by atoms with Gasteiger partial charge in [0.1, 0.15) is 6.61 Å². The summed E-state index contributed by atoms with van der Waals surface area (Å²) in [6, 6.07) is 0. The minimum Gasteiger partial charge on any atom is -0.465 e. The monoisotopic (exact) mass is 133 g/mol. The Morgan fingerprint density at radius 1 is 1.89 bits per heavy atom. The van der Waals surface area contributed by atoms with E-state index in [0.717, 1.165) is 0 Å². The summed E-state index contributed by atoms with van der Waals surface area (Å²) in [5, 5.41) is 8.50. The second kappa shape index (κ2) is 3.85. The van der Waals surface area contributed by atoms with Crippen molar-refractivity contribution in [2.75, 3.05) is 6.61 Å². The Morgan fingerprint density at radius 3 is 2.78 bits per heavy atom. The molecule has 1 atom stereocenters. The molecule has 0 saturated heterocycles. The number of ether oxygens (including phenoxy) is 1. The lowest BCUT2D eigenvalue weighted by molar-refractivity contribution is -0.136. The van der Waals surface area contributed by atoms with Crippen molar-refractivity contribution >= 4 is 12.4 Å². The van der Waals surface area contributed by atoms with Crippen LogP contribution in [0, 0.1) is 0 Å². The van der Waals surface area contributed by atoms with Crippen molar-refractivity contribution in [3.8, 4) is 0 Å². The maximum absolute atomic E-state index is 9.98. The van der Waals surface area contributed by atoms with Crippen LogP contribution in [0.3, 0.4) is 0 Å². The highest BCUT2D eigenvalue weighted by atomic mass is 16.5. The van der Waals surface area contributed by atoms with Gasteiger partial charge in [0.25, 0.3) is 6.47 Å². The zero-order valence-electron chi connectivity index (χ0n) is 4.61. The van der Waals surface area contributed by atoms with E-state index in [-0.39, 0.29) is 13.1 Å². The molecule has 0 saturated carbocycles. The van der Waals surface area contributed by atoms with Crippen LogP contribution < -0.4 is 5.73 Å². The highest BCUT2D eigenvalue weighted by Gasteiger charge is 2.09. The number of nitrogens with two attached hydrogens (primary N) is 1. The van der Waals surface area contributed by atoms with Gasteiger partial charge in [-0.15, -0.1) is 0 Å². The molecule has 0 fully saturated rings. The number of carbonyl (C=O) groups is 2. The predicted molar refractivity (Wildman–Crippen MR) is 27.2 cm³/mol. The maximum Gasteiger partial charge on any atom is 0.293 e. The average Bonchev–Trinajstić information content (AvgIpc) is 1.82. The van der Waals surface area contributed by atoms with Gasteiger partial charge in [0.15, 0.2) is 6.10 Å². The first-order valence-corrected chi connectivity index (χ1v) is 2.21. The average molecular weight is 133 g/mol. The molecular formula is C4H7NO4. The SMILES string of the molecule is NC(=O)C(O)COC=O. The Labute approximate surface area is 51.4 Å². The maximum atomic E-state index is 9.98.